The summed E-state index contributed by atoms with van der Waals surface area (Å²) in [6, 6.07) is 5.98. The van der Waals surface area contributed by atoms with Gasteiger partial charge in [0.15, 0.2) is 5.82 Å². The lowest BCUT2D eigenvalue weighted by atomic mass is 10.1. The van der Waals surface area contributed by atoms with Crippen molar-refractivity contribution in [2.45, 2.75) is 52.6 Å². The Bertz CT molecular complexity index is 843. The molecule has 0 aliphatic carbocycles. The second kappa shape index (κ2) is 8.99. The molecule has 28 heavy (non-hydrogen) atoms. The average molecular weight is 386 g/mol. The van der Waals surface area contributed by atoms with Crippen molar-refractivity contribution in [3.8, 4) is 0 Å². The quantitative estimate of drug-likeness (QED) is 0.768. The molecule has 1 aliphatic heterocycles. The minimum atomic E-state index is -0.314. The Balaban J connectivity index is 1.73. The molecular formula is C21H27FN4O2. The predicted octanol–water partition coefficient (Wildman–Crippen LogP) is 3.06. The summed E-state index contributed by atoms with van der Waals surface area (Å²) in [6.07, 6.45) is 3.56. The van der Waals surface area contributed by atoms with Crippen LogP contribution >= 0.6 is 0 Å². The molecular weight excluding hydrogens is 359 g/mol. The smallest absolute Gasteiger partial charge is 0.287 e. The van der Waals surface area contributed by atoms with Gasteiger partial charge < -0.3 is 15.2 Å². The highest BCUT2D eigenvalue weighted by Crippen LogP contribution is 2.21. The lowest BCUT2D eigenvalue weighted by Crippen LogP contribution is -2.29. The summed E-state index contributed by atoms with van der Waals surface area (Å²) in [4.78, 5) is 29.7. The Morgan fingerprint density at radius 3 is 2.61 bits per heavy atom. The summed E-state index contributed by atoms with van der Waals surface area (Å²) < 4.78 is 14.9. The van der Waals surface area contributed by atoms with Crippen molar-refractivity contribution in [3.63, 3.8) is 0 Å². The van der Waals surface area contributed by atoms with Crippen LogP contribution < -0.4 is 10.6 Å². The summed E-state index contributed by atoms with van der Waals surface area (Å²) in [5.74, 6) is -0.0448. The van der Waals surface area contributed by atoms with Gasteiger partial charge >= 0.3 is 0 Å². The van der Waals surface area contributed by atoms with Crippen LogP contribution in [0.3, 0.4) is 0 Å². The number of carbonyl (C=O) groups is 2. The molecule has 0 radical (unpaired) electrons. The molecule has 0 saturated carbocycles. The minimum Gasteiger partial charge on any atom is -0.349 e. The van der Waals surface area contributed by atoms with E-state index < -0.39 is 0 Å². The van der Waals surface area contributed by atoms with E-state index in [-0.39, 0.29) is 24.2 Å². The van der Waals surface area contributed by atoms with E-state index in [0.717, 1.165) is 36.9 Å². The molecule has 0 unspecified atom stereocenters. The van der Waals surface area contributed by atoms with E-state index in [4.69, 9.17) is 0 Å². The van der Waals surface area contributed by atoms with Crippen molar-refractivity contribution in [2.24, 2.45) is 5.92 Å². The van der Waals surface area contributed by atoms with E-state index >= 15 is 0 Å². The van der Waals surface area contributed by atoms with Crippen LogP contribution in [0.5, 0.6) is 0 Å². The van der Waals surface area contributed by atoms with E-state index in [0.29, 0.717) is 30.5 Å². The molecule has 2 amide bonds. The summed E-state index contributed by atoms with van der Waals surface area (Å²) >= 11 is 0. The van der Waals surface area contributed by atoms with Crippen LogP contribution in [-0.2, 0) is 19.5 Å². The number of rotatable bonds is 7. The predicted molar refractivity (Wildman–Crippen MR) is 105 cm³/mol. The summed E-state index contributed by atoms with van der Waals surface area (Å²) in [6.45, 7) is 5.77. The van der Waals surface area contributed by atoms with Gasteiger partial charge in [-0.05, 0) is 49.3 Å². The molecule has 0 fully saturated rings. The number of halogens is 1. The van der Waals surface area contributed by atoms with Gasteiger partial charge in [0.2, 0.25) is 0 Å². The second-order valence-corrected chi connectivity index (χ2v) is 7.59. The molecule has 2 heterocycles. The van der Waals surface area contributed by atoms with Crippen molar-refractivity contribution < 1.29 is 14.0 Å². The highest BCUT2D eigenvalue weighted by atomic mass is 19.1. The third-order valence-corrected chi connectivity index (χ3v) is 4.91. The maximum atomic E-state index is 13.0. The van der Waals surface area contributed by atoms with Crippen LogP contribution in [0.1, 0.15) is 65.5 Å². The first-order chi connectivity index (χ1) is 13.5. The second-order valence-electron chi connectivity index (χ2n) is 7.59. The van der Waals surface area contributed by atoms with Gasteiger partial charge in [0.1, 0.15) is 11.5 Å². The third-order valence-electron chi connectivity index (χ3n) is 4.91. The van der Waals surface area contributed by atoms with Crippen LogP contribution in [-0.4, -0.2) is 27.9 Å². The number of nitrogens with zero attached hydrogens (tertiary/aromatic N) is 2. The number of fused-ring (bicyclic) bond motifs is 1. The molecule has 7 heteroatoms. The molecule has 0 saturated heterocycles. The number of hydrogen-bond donors (Lipinski definition) is 2. The number of carbonyl (C=O) groups excluding carboxylic acids is 2. The van der Waals surface area contributed by atoms with Gasteiger partial charge in [-0.3, -0.25) is 9.59 Å². The van der Waals surface area contributed by atoms with E-state index in [1.807, 2.05) is 4.57 Å². The van der Waals surface area contributed by atoms with Gasteiger partial charge in [0.05, 0.1) is 5.69 Å². The SMILES string of the molecule is CC(C)CCNC(=O)c1nc(C(=O)NCc2ccc(F)cc2)c2n1CCCC2. The number of aromatic nitrogens is 2. The van der Waals surface area contributed by atoms with E-state index in [9.17, 15) is 14.0 Å². The first-order valence-electron chi connectivity index (χ1n) is 9.86. The van der Waals surface area contributed by atoms with Gasteiger partial charge in [-0.1, -0.05) is 26.0 Å². The fraction of sp³-hybridized carbons (Fsp3) is 0.476. The van der Waals surface area contributed by atoms with Crippen molar-refractivity contribution in [1.82, 2.24) is 20.2 Å². The van der Waals surface area contributed by atoms with E-state index in [2.05, 4.69) is 29.5 Å². The highest BCUT2D eigenvalue weighted by Gasteiger charge is 2.27. The first kappa shape index (κ1) is 20.0. The highest BCUT2D eigenvalue weighted by molar-refractivity contribution is 5.97. The molecule has 2 aromatic rings. The molecule has 0 bridgehead atoms. The fourth-order valence-electron chi connectivity index (χ4n) is 3.32. The Hall–Kier alpha value is -2.70. The van der Waals surface area contributed by atoms with Crippen LogP contribution in [0.4, 0.5) is 4.39 Å². The maximum Gasteiger partial charge on any atom is 0.287 e. The lowest BCUT2D eigenvalue weighted by Gasteiger charge is -2.17. The van der Waals surface area contributed by atoms with Gasteiger partial charge in [-0.2, -0.15) is 0 Å². The summed E-state index contributed by atoms with van der Waals surface area (Å²) in [5.41, 5.74) is 1.93. The molecule has 1 aromatic heterocycles. The summed E-state index contributed by atoms with van der Waals surface area (Å²) in [5, 5.41) is 5.73. The normalized spacial score (nSPS) is 13.3. The molecule has 1 aliphatic rings. The molecule has 6 nitrogen and oxygen atoms in total. The molecule has 2 N–H and O–H groups in total. The average Bonchev–Trinajstić information content (AvgIpc) is 3.07. The third kappa shape index (κ3) is 4.77. The Morgan fingerprint density at radius 2 is 1.89 bits per heavy atom. The molecule has 0 atom stereocenters. The zero-order chi connectivity index (χ0) is 20.1. The number of amides is 2. The Kier molecular flexibility index (Phi) is 6.44. The zero-order valence-corrected chi connectivity index (χ0v) is 16.4. The first-order valence-corrected chi connectivity index (χ1v) is 9.86. The zero-order valence-electron chi connectivity index (χ0n) is 16.4. The monoisotopic (exact) mass is 386 g/mol. The van der Waals surface area contributed by atoms with Crippen molar-refractivity contribution in [3.05, 3.63) is 52.9 Å². The van der Waals surface area contributed by atoms with Crippen LogP contribution in [0.25, 0.3) is 0 Å². The van der Waals surface area contributed by atoms with Crippen molar-refractivity contribution >= 4 is 11.8 Å². The van der Waals surface area contributed by atoms with Crippen LogP contribution in [0.2, 0.25) is 0 Å². The molecule has 3 rings (SSSR count). The van der Waals surface area contributed by atoms with Crippen LogP contribution in [0.15, 0.2) is 24.3 Å². The van der Waals surface area contributed by atoms with E-state index in [1.54, 1.807) is 12.1 Å². The lowest BCUT2D eigenvalue weighted by molar-refractivity contribution is 0.0936. The molecule has 150 valence electrons. The molecule has 0 spiro atoms. The number of benzene rings is 1. The Labute approximate surface area is 164 Å². The van der Waals surface area contributed by atoms with Crippen molar-refractivity contribution in [2.75, 3.05) is 6.54 Å². The van der Waals surface area contributed by atoms with Gasteiger partial charge in [-0.25, -0.2) is 9.37 Å². The van der Waals surface area contributed by atoms with Crippen molar-refractivity contribution in [1.29, 1.82) is 0 Å². The van der Waals surface area contributed by atoms with Gasteiger partial charge in [-0.15, -0.1) is 0 Å². The summed E-state index contributed by atoms with van der Waals surface area (Å²) in [7, 11) is 0. The Morgan fingerprint density at radius 1 is 1.14 bits per heavy atom. The number of nitrogens with one attached hydrogen (secondary N) is 2. The minimum absolute atomic E-state index is 0.235. The topological polar surface area (TPSA) is 76.0 Å². The van der Waals surface area contributed by atoms with Gasteiger partial charge in [0, 0.05) is 19.6 Å². The number of imidazole rings is 1. The van der Waals surface area contributed by atoms with Gasteiger partial charge in [0.25, 0.3) is 11.8 Å². The standard InChI is InChI=1S/C21H27FN4O2/c1-14(2)10-11-23-21(28)19-25-18(17-5-3-4-12-26(17)19)20(27)24-13-15-6-8-16(22)9-7-15/h6-9,14H,3-5,10-13H2,1-2H3,(H,23,28)(H,24,27). The maximum absolute atomic E-state index is 13.0. The van der Waals surface area contributed by atoms with Crippen LogP contribution in [0, 0.1) is 11.7 Å². The largest absolute Gasteiger partial charge is 0.349 e. The van der Waals surface area contributed by atoms with E-state index in [1.165, 1.54) is 12.1 Å². The molecule has 1 aromatic carbocycles. The number of hydrogen-bond acceptors (Lipinski definition) is 3. The fourth-order valence-corrected chi connectivity index (χ4v) is 3.32.